The Bertz CT molecular complexity index is 321. The van der Waals surface area contributed by atoms with Gasteiger partial charge in [0.15, 0.2) is 5.15 Å². The zero-order chi connectivity index (χ0) is 9.14. The van der Waals surface area contributed by atoms with Crippen LogP contribution in [0.2, 0.25) is 5.15 Å². The second-order valence-electron chi connectivity index (χ2n) is 2.69. The van der Waals surface area contributed by atoms with Crippen LogP contribution < -0.4 is 5.56 Å². The van der Waals surface area contributed by atoms with Gasteiger partial charge >= 0.3 is 0 Å². The van der Waals surface area contributed by atoms with Gasteiger partial charge in [0, 0.05) is 18.4 Å². The van der Waals surface area contributed by atoms with Gasteiger partial charge in [-0.3, -0.25) is 4.79 Å². The van der Waals surface area contributed by atoms with Crippen LogP contribution in [0.1, 0.15) is 26.3 Å². The van der Waals surface area contributed by atoms with Crippen LogP contribution in [0.5, 0.6) is 0 Å². The van der Waals surface area contributed by atoms with Crippen molar-refractivity contribution in [2.75, 3.05) is 0 Å². The molecule has 0 N–H and O–H groups in total. The second kappa shape index (κ2) is 3.72. The van der Waals surface area contributed by atoms with Crippen molar-refractivity contribution in [3.8, 4) is 0 Å². The molecule has 0 aliphatic carbocycles. The highest BCUT2D eigenvalue weighted by Crippen LogP contribution is 2.06. The molecule has 0 amide bonds. The van der Waals surface area contributed by atoms with E-state index in [9.17, 15) is 4.79 Å². The smallest absolute Gasteiger partial charge is 0.288 e. The lowest BCUT2D eigenvalue weighted by molar-refractivity contribution is 0.511. The summed E-state index contributed by atoms with van der Waals surface area (Å²) in [5, 5.41) is 0.0396. The van der Waals surface area contributed by atoms with E-state index in [4.69, 9.17) is 11.6 Å². The largest absolute Gasteiger partial charge is 0.309 e. The summed E-state index contributed by atoms with van der Waals surface area (Å²) >= 11 is 5.57. The van der Waals surface area contributed by atoms with E-state index in [-0.39, 0.29) is 16.8 Å². The molecule has 1 rings (SSSR count). The highest BCUT2D eigenvalue weighted by molar-refractivity contribution is 6.29. The number of aromatic nitrogens is 2. The van der Waals surface area contributed by atoms with E-state index in [0.717, 1.165) is 6.42 Å². The van der Waals surface area contributed by atoms with Gasteiger partial charge in [-0.05, 0) is 13.3 Å². The molecule has 3 nitrogen and oxygen atoms in total. The summed E-state index contributed by atoms with van der Waals surface area (Å²) in [6.45, 7) is 3.99. The topological polar surface area (TPSA) is 34.9 Å². The Balaban J connectivity index is 3.17. The zero-order valence-corrected chi connectivity index (χ0v) is 7.88. The number of nitrogens with zero attached hydrogens (tertiary/aromatic N) is 2. The first-order valence-electron chi connectivity index (χ1n) is 3.89. The fourth-order valence-electron chi connectivity index (χ4n) is 0.944. The maximum atomic E-state index is 11.3. The minimum Gasteiger partial charge on any atom is -0.309 e. The van der Waals surface area contributed by atoms with E-state index in [1.807, 2.05) is 13.8 Å². The average Bonchev–Trinajstić information content (AvgIpc) is 2.08. The summed E-state index contributed by atoms with van der Waals surface area (Å²) < 4.78 is 1.59. The standard InChI is InChI=1S/C8H11ClN2O/c1-3-6(2)11-5-4-10-7(9)8(11)12/h4-6H,3H2,1-2H3. The van der Waals surface area contributed by atoms with Crippen molar-refractivity contribution in [1.29, 1.82) is 0 Å². The maximum Gasteiger partial charge on any atom is 0.288 e. The summed E-state index contributed by atoms with van der Waals surface area (Å²) in [6, 6.07) is 0.179. The highest BCUT2D eigenvalue weighted by Gasteiger charge is 2.05. The molecule has 0 bridgehead atoms. The Morgan fingerprint density at radius 1 is 1.75 bits per heavy atom. The van der Waals surface area contributed by atoms with Gasteiger partial charge in [-0.15, -0.1) is 0 Å². The first-order chi connectivity index (χ1) is 5.66. The zero-order valence-electron chi connectivity index (χ0n) is 7.12. The Morgan fingerprint density at radius 3 is 3.00 bits per heavy atom. The summed E-state index contributed by atoms with van der Waals surface area (Å²) in [5.74, 6) is 0. The van der Waals surface area contributed by atoms with Crippen molar-refractivity contribution in [1.82, 2.24) is 9.55 Å². The Kier molecular flexibility index (Phi) is 2.87. The van der Waals surface area contributed by atoms with E-state index in [1.54, 1.807) is 10.8 Å². The van der Waals surface area contributed by atoms with Crippen LogP contribution in [0.3, 0.4) is 0 Å². The molecular formula is C8H11ClN2O. The lowest BCUT2D eigenvalue weighted by atomic mass is 10.2. The molecule has 1 aromatic heterocycles. The van der Waals surface area contributed by atoms with Gasteiger partial charge in [-0.1, -0.05) is 18.5 Å². The molecule has 1 atom stereocenters. The van der Waals surface area contributed by atoms with E-state index >= 15 is 0 Å². The van der Waals surface area contributed by atoms with Gasteiger partial charge in [0.1, 0.15) is 0 Å². The number of rotatable bonds is 2. The molecule has 0 aliphatic rings. The minimum absolute atomic E-state index is 0.0396. The predicted molar refractivity (Wildman–Crippen MR) is 48.5 cm³/mol. The van der Waals surface area contributed by atoms with Crippen molar-refractivity contribution in [2.45, 2.75) is 26.3 Å². The molecule has 12 heavy (non-hydrogen) atoms. The summed E-state index contributed by atoms with van der Waals surface area (Å²) in [6.07, 6.45) is 4.10. The molecular weight excluding hydrogens is 176 g/mol. The van der Waals surface area contributed by atoms with E-state index in [0.29, 0.717) is 0 Å². The van der Waals surface area contributed by atoms with Crippen LogP contribution in [-0.2, 0) is 0 Å². The Labute approximate surface area is 76.0 Å². The van der Waals surface area contributed by atoms with Gasteiger partial charge in [0.2, 0.25) is 0 Å². The molecule has 0 fully saturated rings. The van der Waals surface area contributed by atoms with Crippen LogP contribution in [0.15, 0.2) is 17.2 Å². The fourth-order valence-corrected chi connectivity index (χ4v) is 1.10. The molecule has 0 radical (unpaired) electrons. The Morgan fingerprint density at radius 2 is 2.42 bits per heavy atom. The molecule has 0 saturated carbocycles. The predicted octanol–water partition coefficient (Wildman–Crippen LogP) is 1.87. The van der Waals surface area contributed by atoms with Gasteiger partial charge in [0.25, 0.3) is 5.56 Å². The third-order valence-corrected chi connectivity index (χ3v) is 2.15. The summed E-state index contributed by atoms with van der Waals surface area (Å²) in [7, 11) is 0. The molecule has 1 unspecified atom stereocenters. The first-order valence-corrected chi connectivity index (χ1v) is 4.27. The third kappa shape index (κ3) is 1.67. The molecule has 0 spiro atoms. The van der Waals surface area contributed by atoms with Gasteiger partial charge in [-0.2, -0.15) is 0 Å². The molecule has 0 saturated heterocycles. The van der Waals surface area contributed by atoms with Gasteiger partial charge < -0.3 is 4.57 Å². The summed E-state index contributed by atoms with van der Waals surface area (Å²) in [4.78, 5) is 15.0. The van der Waals surface area contributed by atoms with Crippen molar-refractivity contribution in [3.63, 3.8) is 0 Å². The quantitative estimate of drug-likeness (QED) is 0.707. The van der Waals surface area contributed by atoms with Crippen LogP contribution in [-0.4, -0.2) is 9.55 Å². The van der Waals surface area contributed by atoms with Crippen molar-refractivity contribution in [3.05, 3.63) is 27.9 Å². The molecule has 66 valence electrons. The van der Waals surface area contributed by atoms with E-state index in [1.165, 1.54) is 6.20 Å². The van der Waals surface area contributed by atoms with Crippen LogP contribution in [0.4, 0.5) is 0 Å². The summed E-state index contributed by atoms with van der Waals surface area (Å²) in [5.41, 5.74) is -0.214. The highest BCUT2D eigenvalue weighted by atomic mass is 35.5. The van der Waals surface area contributed by atoms with Crippen LogP contribution in [0.25, 0.3) is 0 Å². The first kappa shape index (κ1) is 9.26. The van der Waals surface area contributed by atoms with E-state index in [2.05, 4.69) is 4.98 Å². The lowest BCUT2D eigenvalue weighted by Crippen LogP contribution is -2.23. The molecule has 1 aromatic rings. The number of hydrogen-bond donors (Lipinski definition) is 0. The minimum atomic E-state index is -0.214. The normalized spacial score (nSPS) is 12.9. The van der Waals surface area contributed by atoms with Crippen molar-refractivity contribution in [2.24, 2.45) is 0 Å². The van der Waals surface area contributed by atoms with Gasteiger partial charge in [0.05, 0.1) is 0 Å². The molecule has 0 aliphatic heterocycles. The van der Waals surface area contributed by atoms with Crippen LogP contribution in [0, 0.1) is 0 Å². The molecule has 0 aromatic carbocycles. The molecule has 4 heteroatoms. The van der Waals surface area contributed by atoms with Crippen molar-refractivity contribution < 1.29 is 0 Å². The number of halogens is 1. The number of hydrogen-bond acceptors (Lipinski definition) is 2. The Hall–Kier alpha value is -0.830. The van der Waals surface area contributed by atoms with E-state index < -0.39 is 0 Å². The van der Waals surface area contributed by atoms with Crippen molar-refractivity contribution >= 4 is 11.6 Å². The SMILES string of the molecule is CCC(C)n1ccnc(Cl)c1=O. The fraction of sp³-hybridized carbons (Fsp3) is 0.500. The molecule has 1 heterocycles. The van der Waals surface area contributed by atoms with Crippen LogP contribution >= 0.6 is 11.6 Å². The monoisotopic (exact) mass is 186 g/mol. The maximum absolute atomic E-state index is 11.3. The van der Waals surface area contributed by atoms with Gasteiger partial charge in [-0.25, -0.2) is 4.98 Å². The lowest BCUT2D eigenvalue weighted by Gasteiger charge is -2.11. The average molecular weight is 187 g/mol. The third-order valence-electron chi connectivity index (χ3n) is 1.89. The second-order valence-corrected chi connectivity index (χ2v) is 3.05.